The monoisotopic (exact) mass is 347 g/mol. The van der Waals surface area contributed by atoms with Crippen LogP contribution in [0.2, 0.25) is 0 Å². The molecule has 6 heteroatoms. The summed E-state index contributed by atoms with van der Waals surface area (Å²) in [6.45, 7) is -0.0996. The lowest BCUT2D eigenvalue weighted by atomic mass is 10.2. The summed E-state index contributed by atoms with van der Waals surface area (Å²) in [5.41, 5.74) is 1.65. The fraction of sp³-hybridized carbons (Fsp3) is 0.0500. The van der Waals surface area contributed by atoms with E-state index in [4.69, 9.17) is 4.74 Å². The first-order valence-corrected chi connectivity index (χ1v) is 8.00. The molecule has 0 spiro atoms. The number of nitrogens with one attached hydrogen (secondary N) is 2. The van der Waals surface area contributed by atoms with Gasteiger partial charge in [-0.1, -0.05) is 24.3 Å². The zero-order chi connectivity index (χ0) is 18.2. The first-order chi connectivity index (χ1) is 12.7. The van der Waals surface area contributed by atoms with Crippen LogP contribution in [0.1, 0.15) is 10.4 Å². The van der Waals surface area contributed by atoms with Gasteiger partial charge in [-0.3, -0.25) is 14.6 Å². The van der Waals surface area contributed by atoms with E-state index in [2.05, 4.69) is 15.6 Å². The summed E-state index contributed by atoms with van der Waals surface area (Å²) in [4.78, 5) is 28.1. The first-order valence-electron chi connectivity index (χ1n) is 8.00. The second-order valence-electron chi connectivity index (χ2n) is 5.42. The summed E-state index contributed by atoms with van der Waals surface area (Å²) in [6.07, 6.45) is 3.11. The van der Waals surface area contributed by atoms with Crippen LogP contribution in [0.4, 0.5) is 11.4 Å². The molecule has 1 heterocycles. The third kappa shape index (κ3) is 4.91. The molecule has 0 radical (unpaired) electrons. The minimum Gasteiger partial charge on any atom is -0.484 e. The molecular weight excluding hydrogens is 330 g/mol. The average molecular weight is 347 g/mol. The fourth-order valence-electron chi connectivity index (χ4n) is 2.24. The molecule has 130 valence electrons. The normalized spacial score (nSPS) is 10.0. The Morgan fingerprint density at radius 1 is 0.846 bits per heavy atom. The van der Waals surface area contributed by atoms with Gasteiger partial charge in [-0.2, -0.15) is 0 Å². The van der Waals surface area contributed by atoms with Gasteiger partial charge in [0.15, 0.2) is 6.61 Å². The topological polar surface area (TPSA) is 80.3 Å². The van der Waals surface area contributed by atoms with E-state index in [0.717, 1.165) is 0 Å². The Morgan fingerprint density at radius 3 is 2.27 bits per heavy atom. The van der Waals surface area contributed by atoms with Crippen LogP contribution < -0.4 is 15.4 Å². The Hall–Kier alpha value is -3.67. The third-order valence-corrected chi connectivity index (χ3v) is 3.46. The molecule has 0 fully saturated rings. The van der Waals surface area contributed by atoms with Crippen molar-refractivity contribution in [2.75, 3.05) is 17.2 Å². The highest BCUT2D eigenvalue weighted by Crippen LogP contribution is 2.16. The Balaban J connectivity index is 1.57. The number of hydrogen-bond acceptors (Lipinski definition) is 4. The molecule has 0 saturated heterocycles. The number of rotatable bonds is 6. The number of nitrogens with zero attached hydrogens (tertiary/aromatic N) is 1. The van der Waals surface area contributed by atoms with E-state index in [1.54, 1.807) is 60.9 Å². The van der Waals surface area contributed by atoms with E-state index in [1.165, 1.54) is 0 Å². The highest BCUT2D eigenvalue weighted by molar-refractivity contribution is 6.04. The summed E-state index contributed by atoms with van der Waals surface area (Å²) in [7, 11) is 0. The Bertz CT molecular complexity index is 883. The fourth-order valence-corrected chi connectivity index (χ4v) is 2.24. The van der Waals surface area contributed by atoms with E-state index in [0.29, 0.717) is 22.7 Å². The van der Waals surface area contributed by atoms with Gasteiger partial charge in [-0.15, -0.1) is 0 Å². The number of carbonyl (C=O) groups is 2. The number of amides is 2. The van der Waals surface area contributed by atoms with Gasteiger partial charge in [0.2, 0.25) is 0 Å². The molecule has 0 saturated carbocycles. The molecule has 2 aromatic carbocycles. The SMILES string of the molecule is O=C(COc1ccccc1)Nc1cccc(NC(=O)c2ccncc2)c1. The quantitative estimate of drug-likeness (QED) is 0.716. The molecule has 1 aromatic heterocycles. The van der Waals surface area contributed by atoms with E-state index in [9.17, 15) is 9.59 Å². The second kappa shape index (κ2) is 8.43. The molecule has 3 aromatic rings. The smallest absolute Gasteiger partial charge is 0.262 e. The maximum Gasteiger partial charge on any atom is 0.262 e. The molecule has 0 unspecified atom stereocenters. The van der Waals surface area contributed by atoms with Gasteiger partial charge >= 0.3 is 0 Å². The van der Waals surface area contributed by atoms with Gasteiger partial charge < -0.3 is 15.4 Å². The van der Waals surface area contributed by atoms with Crippen molar-refractivity contribution in [3.8, 4) is 5.75 Å². The van der Waals surface area contributed by atoms with Crippen molar-refractivity contribution >= 4 is 23.2 Å². The zero-order valence-corrected chi connectivity index (χ0v) is 13.9. The standard InChI is InChI=1S/C20H17N3O3/c24-19(14-26-18-7-2-1-3-8-18)22-16-5-4-6-17(13-16)23-20(25)15-9-11-21-12-10-15/h1-13H,14H2,(H,22,24)(H,23,25). The Kier molecular flexibility index (Phi) is 5.57. The molecule has 0 atom stereocenters. The van der Waals surface area contributed by atoms with Crippen LogP contribution in [0.3, 0.4) is 0 Å². The molecule has 0 aliphatic carbocycles. The molecule has 2 N–H and O–H groups in total. The van der Waals surface area contributed by atoms with E-state index in [-0.39, 0.29) is 18.4 Å². The number of carbonyl (C=O) groups excluding carboxylic acids is 2. The highest BCUT2D eigenvalue weighted by atomic mass is 16.5. The van der Waals surface area contributed by atoms with Crippen LogP contribution in [-0.2, 0) is 4.79 Å². The van der Waals surface area contributed by atoms with Crippen LogP contribution in [0.5, 0.6) is 5.75 Å². The van der Waals surface area contributed by atoms with E-state index < -0.39 is 0 Å². The lowest BCUT2D eigenvalue weighted by molar-refractivity contribution is -0.118. The number of anilines is 2. The first kappa shape index (κ1) is 17.2. The highest BCUT2D eigenvalue weighted by Gasteiger charge is 2.07. The predicted octanol–water partition coefficient (Wildman–Crippen LogP) is 3.35. The van der Waals surface area contributed by atoms with Crippen molar-refractivity contribution in [2.45, 2.75) is 0 Å². The summed E-state index contributed by atoms with van der Waals surface area (Å²) >= 11 is 0. The van der Waals surface area contributed by atoms with Crippen LogP contribution in [0.15, 0.2) is 79.1 Å². The van der Waals surface area contributed by atoms with E-state index in [1.807, 2.05) is 18.2 Å². The van der Waals surface area contributed by atoms with Gasteiger partial charge in [-0.25, -0.2) is 0 Å². The molecule has 0 bridgehead atoms. The maximum atomic E-state index is 12.2. The second-order valence-corrected chi connectivity index (χ2v) is 5.42. The minimum absolute atomic E-state index is 0.0996. The largest absolute Gasteiger partial charge is 0.484 e. The van der Waals surface area contributed by atoms with Gasteiger partial charge in [0.05, 0.1) is 0 Å². The Morgan fingerprint density at radius 2 is 1.54 bits per heavy atom. The number of pyridine rings is 1. The van der Waals surface area contributed by atoms with Crippen molar-refractivity contribution in [2.24, 2.45) is 0 Å². The van der Waals surface area contributed by atoms with E-state index >= 15 is 0 Å². The molecule has 0 aliphatic rings. The molecule has 6 nitrogen and oxygen atoms in total. The van der Waals surface area contributed by atoms with Crippen molar-refractivity contribution < 1.29 is 14.3 Å². The van der Waals surface area contributed by atoms with Gasteiger partial charge in [0, 0.05) is 29.3 Å². The van der Waals surface area contributed by atoms with Crippen LogP contribution in [-0.4, -0.2) is 23.4 Å². The molecule has 0 aliphatic heterocycles. The lowest BCUT2D eigenvalue weighted by Crippen LogP contribution is -2.20. The van der Waals surface area contributed by atoms with Crippen molar-refractivity contribution in [1.82, 2.24) is 4.98 Å². The van der Waals surface area contributed by atoms with Crippen molar-refractivity contribution in [3.05, 3.63) is 84.7 Å². The maximum absolute atomic E-state index is 12.2. The summed E-state index contributed by atoms with van der Waals surface area (Å²) in [5, 5.41) is 5.52. The molecular formula is C20H17N3O3. The lowest BCUT2D eigenvalue weighted by Gasteiger charge is -2.10. The van der Waals surface area contributed by atoms with Gasteiger partial charge in [-0.05, 0) is 42.5 Å². The summed E-state index contributed by atoms with van der Waals surface area (Å²) in [5.74, 6) is 0.0933. The van der Waals surface area contributed by atoms with Crippen molar-refractivity contribution in [1.29, 1.82) is 0 Å². The number of ether oxygens (including phenoxy) is 1. The number of benzene rings is 2. The zero-order valence-electron chi connectivity index (χ0n) is 13.9. The van der Waals surface area contributed by atoms with Gasteiger partial charge in [0.1, 0.15) is 5.75 Å². The molecule has 26 heavy (non-hydrogen) atoms. The van der Waals surface area contributed by atoms with Crippen LogP contribution in [0, 0.1) is 0 Å². The van der Waals surface area contributed by atoms with Crippen molar-refractivity contribution in [3.63, 3.8) is 0 Å². The average Bonchev–Trinajstić information content (AvgIpc) is 2.68. The minimum atomic E-state index is -0.286. The number of hydrogen-bond donors (Lipinski definition) is 2. The predicted molar refractivity (Wildman–Crippen MR) is 99.2 cm³/mol. The summed E-state index contributed by atoms with van der Waals surface area (Å²) < 4.78 is 5.40. The molecule has 3 rings (SSSR count). The number of para-hydroxylation sites is 1. The molecule has 2 amide bonds. The number of aromatic nitrogens is 1. The third-order valence-electron chi connectivity index (χ3n) is 3.46. The van der Waals surface area contributed by atoms with Crippen LogP contribution in [0.25, 0.3) is 0 Å². The summed E-state index contributed by atoms with van der Waals surface area (Å²) in [6, 6.07) is 19.3. The van der Waals surface area contributed by atoms with Gasteiger partial charge in [0.25, 0.3) is 11.8 Å². The van der Waals surface area contributed by atoms with Crippen LogP contribution >= 0.6 is 0 Å². The Labute approximate surface area is 150 Å².